The van der Waals surface area contributed by atoms with Gasteiger partial charge >= 0.3 is 0 Å². The number of hydrogen-bond acceptors (Lipinski definition) is 3. The summed E-state index contributed by atoms with van der Waals surface area (Å²) in [5, 5.41) is 0. The van der Waals surface area contributed by atoms with Gasteiger partial charge in [0.15, 0.2) is 5.78 Å². The van der Waals surface area contributed by atoms with Crippen molar-refractivity contribution in [2.45, 2.75) is 13.3 Å². The van der Waals surface area contributed by atoms with Crippen molar-refractivity contribution in [3.05, 3.63) is 89.1 Å². The second-order valence-electron chi connectivity index (χ2n) is 6.08. The molecule has 1 aliphatic rings. The summed E-state index contributed by atoms with van der Waals surface area (Å²) in [6, 6.07) is 19.8. The van der Waals surface area contributed by atoms with Crippen LogP contribution in [0.5, 0.6) is 0 Å². The van der Waals surface area contributed by atoms with E-state index in [4.69, 9.17) is 0 Å². The smallest absolute Gasteiger partial charge is 0.194 e. The Kier molecular flexibility index (Phi) is 3.62. The van der Waals surface area contributed by atoms with E-state index < -0.39 is 0 Å². The van der Waals surface area contributed by atoms with Gasteiger partial charge < -0.3 is 4.90 Å². The third kappa shape index (κ3) is 2.48. The van der Waals surface area contributed by atoms with Crippen molar-refractivity contribution in [1.29, 1.82) is 0 Å². The van der Waals surface area contributed by atoms with Crippen LogP contribution in [0.25, 0.3) is 0 Å². The van der Waals surface area contributed by atoms with Gasteiger partial charge in [-0.2, -0.15) is 0 Å². The van der Waals surface area contributed by atoms with Crippen LogP contribution >= 0.6 is 0 Å². The molecule has 1 aromatic heterocycles. The number of nitrogens with zero attached hydrogens (tertiary/aromatic N) is 2. The summed E-state index contributed by atoms with van der Waals surface area (Å²) < 4.78 is 0. The normalized spacial score (nSPS) is 13.0. The molecule has 0 amide bonds. The topological polar surface area (TPSA) is 33.2 Å². The van der Waals surface area contributed by atoms with Crippen molar-refractivity contribution >= 4 is 17.3 Å². The number of pyridine rings is 1. The van der Waals surface area contributed by atoms with E-state index in [-0.39, 0.29) is 5.78 Å². The molecule has 2 aromatic carbocycles. The molecule has 0 bridgehead atoms. The molecule has 2 heterocycles. The molecule has 24 heavy (non-hydrogen) atoms. The predicted octanol–water partition coefficient (Wildman–Crippen LogP) is 4.32. The Labute approximate surface area is 141 Å². The van der Waals surface area contributed by atoms with Crippen LogP contribution in [0.1, 0.15) is 27.0 Å². The van der Waals surface area contributed by atoms with Gasteiger partial charge in [0.2, 0.25) is 0 Å². The predicted molar refractivity (Wildman–Crippen MR) is 96.0 cm³/mol. The third-order valence-electron chi connectivity index (χ3n) is 4.54. The van der Waals surface area contributed by atoms with E-state index in [9.17, 15) is 4.79 Å². The van der Waals surface area contributed by atoms with Gasteiger partial charge in [0.05, 0.1) is 0 Å². The first kappa shape index (κ1) is 14.6. The molecule has 0 N–H and O–H groups in total. The molecule has 0 unspecified atom stereocenters. The van der Waals surface area contributed by atoms with Gasteiger partial charge in [-0.3, -0.25) is 4.79 Å². The molecule has 0 fully saturated rings. The maximum absolute atomic E-state index is 12.6. The molecule has 118 valence electrons. The second kappa shape index (κ2) is 5.93. The molecule has 0 spiro atoms. The number of ketones is 1. The van der Waals surface area contributed by atoms with Crippen LogP contribution in [0.3, 0.4) is 0 Å². The van der Waals surface area contributed by atoms with E-state index in [0.29, 0.717) is 11.1 Å². The van der Waals surface area contributed by atoms with Gasteiger partial charge in [0.1, 0.15) is 5.82 Å². The molecule has 0 radical (unpaired) electrons. The standard InChI is InChI=1S/C21H18N2O/c1-15-13-20(23-12-11-16-7-5-6-10-19(16)23)22-14-18(15)21(24)17-8-3-2-4-9-17/h2-10,13-14H,11-12H2,1H3. The quantitative estimate of drug-likeness (QED) is 0.675. The maximum Gasteiger partial charge on any atom is 0.194 e. The van der Waals surface area contributed by atoms with E-state index in [2.05, 4.69) is 34.1 Å². The Bertz CT molecular complexity index is 903. The van der Waals surface area contributed by atoms with Gasteiger partial charge in [-0.25, -0.2) is 4.98 Å². The van der Waals surface area contributed by atoms with Gasteiger partial charge in [-0.15, -0.1) is 0 Å². The highest BCUT2D eigenvalue weighted by molar-refractivity contribution is 6.09. The van der Waals surface area contributed by atoms with Crippen molar-refractivity contribution in [3.63, 3.8) is 0 Å². The minimum atomic E-state index is 0.0222. The first-order valence-electron chi connectivity index (χ1n) is 8.16. The lowest BCUT2D eigenvalue weighted by Gasteiger charge is -2.19. The highest BCUT2D eigenvalue weighted by Gasteiger charge is 2.22. The molecule has 0 saturated heterocycles. The Morgan fingerprint density at radius 2 is 1.79 bits per heavy atom. The number of rotatable bonds is 3. The fraction of sp³-hybridized carbons (Fsp3) is 0.143. The van der Waals surface area contributed by atoms with E-state index in [0.717, 1.165) is 24.3 Å². The summed E-state index contributed by atoms with van der Waals surface area (Å²) in [4.78, 5) is 19.4. The summed E-state index contributed by atoms with van der Waals surface area (Å²) in [6.45, 7) is 2.90. The zero-order valence-electron chi connectivity index (χ0n) is 13.6. The fourth-order valence-electron chi connectivity index (χ4n) is 3.25. The molecule has 4 rings (SSSR count). The van der Waals surface area contributed by atoms with Gasteiger partial charge in [0.25, 0.3) is 0 Å². The number of aromatic nitrogens is 1. The third-order valence-corrected chi connectivity index (χ3v) is 4.54. The number of hydrogen-bond donors (Lipinski definition) is 0. The molecular weight excluding hydrogens is 296 g/mol. The number of anilines is 2. The van der Waals surface area contributed by atoms with Crippen LogP contribution < -0.4 is 4.90 Å². The van der Waals surface area contributed by atoms with Crippen LogP contribution in [0.4, 0.5) is 11.5 Å². The number of aryl methyl sites for hydroxylation is 1. The second-order valence-corrected chi connectivity index (χ2v) is 6.08. The summed E-state index contributed by atoms with van der Waals surface area (Å²) in [5.74, 6) is 0.927. The van der Waals surface area contributed by atoms with Crippen LogP contribution in [0.15, 0.2) is 66.9 Å². The molecule has 0 saturated carbocycles. The van der Waals surface area contributed by atoms with Crippen molar-refractivity contribution in [3.8, 4) is 0 Å². The van der Waals surface area contributed by atoms with Gasteiger partial charge in [-0.05, 0) is 36.6 Å². The van der Waals surface area contributed by atoms with Crippen LogP contribution in [-0.2, 0) is 6.42 Å². The van der Waals surface area contributed by atoms with E-state index in [1.807, 2.05) is 43.3 Å². The van der Waals surface area contributed by atoms with E-state index in [1.54, 1.807) is 6.20 Å². The highest BCUT2D eigenvalue weighted by Crippen LogP contribution is 2.33. The Morgan fingerprint density at radius 3 is 2.58 bits per heavy atom. The van der Waals surface area contributed by atoms with Crippen molar-refractivity contribution in [2.75, 3.05) is 11.4 Å². The summed E-state index contributed by atoms with van der Waals surface area (Å²) in [7, 11) is 0. The van der Waals surface area contributed by atoms with Crippen LogP contribution in [-0.4, -0.2) is 17.3 Å². The largest absolute Gasteiger partial charge is 0.326 e. The van der Waals surface area contributed by atoms with Gasteiger partial charge in [-0.1, -0.05) is 48.5 Å². The zero-order chi connectivity index (χ0) is 16.5. The Morgan fingerprint density at radius 1 is 1.04 bits per heavy atom. The number of carbonyl (C=O) groups is 1. The maximum atomic E-state index is 12.6. The molecule has 3 nitrogen and oxygen atoms in total. The van der Waals surface area contributed by atoms with Crippen molar-refractivity contribution in [1.82, 2.24) is 4.98 Å². The highest BCUT2D eigenvalue weighted by atomic mass is 16.1. The van der Waals surface area contributed by atoms with Gasteiger partial charge in [0, 0.05) is 29.6 Å². The Hall–Kier alpha value is -2.94. The average molecular weight is 314 g/mol. The van der Waals surface area contributed by atoms with E-state index >= 15 is 0 Å². The lowest BCUT2D eigenvalue weighted by atomic mass is 10.0. The Balaban J connectivity index is 1.67. The molecule has 0 atom stereocenters. The van der Waals surface area contributed by atoms with Crippen molar-refractivity contribution < 1.29 is 4.79 Å². The molecule has 3 aromatic rings. The van der Waals surface area contributed by atoms with Crippen LogP contribution in [0, 0.1) is 6.92 Å². The minimum Gasteiger partial charge on any atom is -0.326 e. The van der Waals surface area contributed by atoms with E-state index in [1.165, 1.54) is 11.3 Å². The number of fused-ring (bicyclic) bond motifs is 1. The first-order chi connectivity index (χ1) is 11.7. The molecule has 3 heteroatoms. The zero-order valence-corrected chi connectivity index (χ0v) is 13.6. The average Bonchev–Trinajstić information content (AvgIpc) is 3.06. The lowest BCUT2D eigenvalue weighted by molar-refractivity contribution is 0.103. The summed E-state index contributed by atoms with van der Waals surface area (Å²) in [6.07, 6.45) is 2.74. The number of para-hydroxylation sites is 1. The number of carbonyl (C=O) groups excluding carboxylic acids is 1. The number of benzene rings is 2. The van der Waals surface area contributed by atoms with Crippen molar-refractivity contribution in [2.24, 2.45) is 0 Å². The molecular formula is C21H18N2O. The molecule has 1 aliphatic heterocycles. The minimum absolute atomic E-state index is 0.0222. The fourth-order valence-corrected chi connectivity index (χ4v) is 3.25. The monoisotopic (exact) mass is 314 g/mol. The SMILES string of the molecule is Cc1cc(N2CCc3ccccc32)ncc1C(=O)c1ccccc1. The lowest BCUT2D eigenvalue weighted by Crippen LogP contribution is -2.16. The first-order valence-corrected chi connectivity index (χ1v) is 8.16. The summed E-state index contributed by atoms with van der Waals surface area (Å²) >= 11 is 0. The van der Waals surface area contributed by atoms with Crippen LogP contribution in [0.2, 0.25) is 0 Å². The summed E-state index contributed by atoms with van der Waals surface area (Å²) in [5.41, 5.74) is 4.88. The molecule has 0 aliphatic carbocycles.